The van der Waals surface area contributed by atoms with Crippen molar-refractivity contribution in [3.05, 3.63) is 35.9 Å². The van der Waals surface area contributed by atoms with Gasteiger partial charge in [0.25, 0.3) is 5.88 Å². The minimum Gasteiger partial charge on any atom is -0.469 e. The minimum absolute atomic E-state index is 0.0210. The van der Waals surface area contributed by atoms with E-state index < -0.39 is 9.84 Å². The standard InChI is InChI=1S/C19H23N3O4S2/c1-2-8-28(24,25)19-18(20-27-21-19)26-16-10-14-9-15(16)22(12-14)17(23)11-13-6-4-3-5-7-13/h3-7,14-16H,2,8-12H2,1H3. The fourth-order valence-corrected chi connectivity index (χ4v) is 6.29. The number of hydrogen-bond acceptors (Lipinski definition) is 7. The number of aromatic nitrogens is 2. The van der Waals surface area contributed by atoms with Crippen LogP contribution in [0.25, 0.3) is 0 Å². The summed E-state index contributed by atoms with van der Waals surface area (Å²) >= 11 is 0.847. The predicted octanol–water partition coefficient (Wildman–Crippen LogP) is 2.33. The van der Waals surface area contributed by atoms with Crippen molar-refractivity contribution in [2.24, 2.45) is 5.92 Å². The van der Waals surface area contributed by atoms with Crippen LogP contribution in [0.2, 0.25) is 0 Å². The number of benzene rings is 1. The van der Waals surface area contributed by atoms with E-state index in [2.05, 4.69) is 8.75 Å². The van der Waals surface area contributed by atoms with Gasteiger partial charge in [-0.2, -0.15) is 4.37 Å². The summed E-state index contributed by atoms with van der Waals surface area (Å²) in [5, 5.41) is -0.0655. The average molecular weight is 422 g/mol. The Bertz CT molecular complexity index is 945. The second-order valence-corrected chi connectivity index (χ2v) is 10.0. The van der Waals surface area contributed by atoms with Gasteiger partial charge in [0, 0.05) is 6.54 Å². The maximum atomic E-state index is 12.8. The highest BCUT2D eigenvalue weighted by Crippen LogP contribution is 2.40. The lowest BCUT2D eigenvalue weighted by molar-refractivity contribution is -0.134. The fraction of sp³-hybridized carbons (Fsp3) is 0.526. The van der Waals surface area contributed by atoms with Gasteiger partial charge in [0.05, 0.1) is 29.9 Å². The van der Waals surface area contributed by atoms with E-state index in [1.807, 2.05) is 42.2 Å². The molecule has 2 fully saturated rings. The van der Waals surface area contributed by atoms with Crippen LogP contribution in [0.4, 0.5) is 0 Å². The zero-order valence-corrected chi connectivity index (χ0v) is 17.3. The third-order valence-corrected chi connectivity index (χ3v) is 7.83. The fourth-order valence-electron chi connectivity index (χ4n) is 4.19. The Morgan fingerprint density at radius 3 is 2.75 bits per heavy atom. The molecule has 2 aliphatic rings. The van der Waals surface area contributed by atoms with E-state index in [1.54, 1.807) is 0 Å². The van der Waals surface area contributed by atoms with Crippen molar-refractivity contribution >= 4 is 27.5 Å². The SMILES string of the molecule is CCCS(=O)(=O)c1nsnc1OC1CC2CC1N(C(=O)Cc1ccccc1)C2. The summed E-state index contributed by atoms with van der Waals surface area (Å²) in [6.07, 6.45) is 2.34. The van der Waals surface area contributed by atoms with Crippen LogP contribution in [-0.2, 0) is 21.1 Å². The molecule has 3 unspecified atom stereocenters. The van der Waals surface area contributed by atoms with Crippen LogP contribution in [0.3, 0.4) is 0 Å². The number of amides is 1. The molecular formula is C19H23N3O4S2. The maximum Gasteiger partial charge on any atom is 0.265 e. The molecule has 3 atom stereocenters. The van der Waals surface area contributed by atoms with E-state index in [1.165, 1.54) is 0 Å². The van der Waals surface area contributed by atoms with Gasteiger partial charge in [0.15, 0.2) is 0 Å². The zero-order chi connectivity index (χ0) is 19.7. The molecule has 2 aromatic rings. The number of likely N-dealkylation sites (tertiary alicyclic amines) is 1. The van der Waals surface area contributed by atoms with E-state index in [-0.39, 0.29) is 34.7 Å². The normalized spacial score (nSPS) is 23.9. The van der Waals surface area contributed by atoms with Gasteiger partial charge in [0.2, 0.25) is 20.8 Å². The van der Waals surface area contributed by atoms with Crippen LogP contribution in [0, 0.1) is 5.92 Å². The summed E-state index contributed by atoms with van der Waals surface area (Å²) in [7, 11) is -3.49. The molecule has 1 saturated carbocycles. The maximum absolute atomic E-state index is 12.8. The summed E-state index contributed by atoms with van der Waals surface area (Å²) in [4.78, 5) is 14.7. The molecule has 28 heavy (non-hydrogen) atoms. The molecule has 7 nitrogen and oxygen atoms in total. The third kappa shape index (κ3) is 3.77. The molecule has 0 radical (unpaired) electrons. The summed E-state index contributed by atoms with van der Waals surface area (Å²) in [6.45, 7) is 2.55. The first-order chi connectivity index (χ1) is 13.5. The van der Waals surface area contributed by atoms with Crippen LogP contribution in [-0.4, -0.2) is 52.4 Å². The first-order valence-corrected chi connectivity index (χ1v) is 11.9. The van der Waals surface area contributed by atoms with Crippen molar-refractivity contribution in [3.8, 4) is 5.88 Å². The Labute approximate surface area is 169 Å². The van der Waals surface area contributed by atoms with Gasteiger partial charge in [-0.3, -0.25) is 4.79 Å². The van der Waals surface area contributed by atoms with Crippen LogP contribution >= 0.6 is 11.7 Å². The number of fused-ring (bicyclic) bond motifs is 2. The summed E-state index contributed by atoms with van der Waals surface area (Å²) < 4.78 is 38.8. The van der Waals surface area contributed by atoms with E-state index in [0.717, 1.165) is 36.7 Å². The molecule has 1 aromatic carbocycles. The van der Waals surface area contributed by atoms with Crippen molar-refractivity contribution in [2.45, 2.75) is 49.8 Å². The van der Waals surface area contributed by atoms with E-state index in [9.17, 15) is 13.2 Å². The molecule has 150 valence electrons. The summed E-state index contributed by atoms with van der Waals surface area (Å²) in [5.41, 5.74) is 0.990. The lowest BCUT2D eigenvalue weighted by Crippen LogP contribution is -2.47. The molecule has 1 aliphatic carbocycles. The molecule has 1 aliphatic heterocycles. The Hall–Kier alpha value is -2.00. The molecule has 4 rings (SSSR count). The molecule has 0 spiro atoms. The number of ether oxygens (including phenoxy) is 1. The zero-order valence-electron chi connectivity index (χ0n) is 15.7. The number of nitrogens with zero attached hydrogens (tertiary/aromatic N) is 3. The summed E-state index contributed by atoms with van der Waals surface area (Å²) in [6, 6.07) is 9.65. The van der Waals surface area contributed by atoms with Gasteiger partial charge in [-0.1, -0.05) is 37.3 Å². The van der Waals surface area contributed by atoms with Crippen LogP contribution in [0.1, 0.15) is 31.7 Å². The quantitative estimate of drug-likeness (QED) is 0.682. The number of carbonyl (C=O) groups is 1. The monoisotopic (exact) mass is 421 g/mol. The van der Waals surface area contributed by atoms with E-state index >= 15 is 0 Å². The largest absolute Gasteiger partial charge is 0.469 e. The second-order valence-electron chi connectivity index (χ2n) is 7.46. The van der Waals surface area contributed by atoms with Gasteiger partial charge in [-0.15, -0.1) is 4.37 Å². The van der Waals surface area contributed by atoms with E-state index in [0.29, 0.717) is 18.8 Å². The molecular weight excluding hydrogens is 398 g/mol. The first-order valence-electron chi connectivity index (χ1n) is 9.53. The van der Waals surface area contributed by atoms with Gasteiger partial charge in [-0.25, -0.2) is 8.42 Å². The van der Waals surface area contributed by atoms with Crippen molar-refractivity contribution < 1.29 is 17.9 Å². The minimum atomic E-state index is -3.49. The second kappa shape index (κ2) is 7.79. The lowest BCUT2D eigenvalue weighted by Gasteiger charge is -2.33. The van der Waals surface area contributed by atoms with E-state index in [4.69, 9.17) is 4.74 Å². The number of rotatable bonds is 7. The molecule has 1 aromatic heterocycles. The highest BCUT2D eigenvalue weighted by molar-refractivity contribution is 7.91. The smallest absolute Gasteiger partial charge is 0.265 e. The molecule has 2 heterocycles. The molecule has 2 bridgehead atoms. The van der Waals surface area contributed by atoms with Gasteiger partial charge < -0.3 is 9.64 Å². The van der Waals surface area contributed by atoms with Gasteiger partial charge >= 0.3 is 0 Å². The Morgan fingerprint density at radius 2 is 2.04 bits per heavy atom. The number of piperidine rings is 1. The van der Waals surface area contributed by atoms with Crippen molar-refractivity contribution in [1.29, 1.82) is 0 Å². The van der Waals surface area contributed by atoms with Crippen molar-refractivity contribution in [1.82, 2.24) is 13.6 Å². The van der Waals surface area contributed by atoms with Crippen molar-refractivity contribution in [2.75, 3.05) is 12.3 Å². The molecule has 9 heteroatoms. The topological polar surface area (TPSA) is 89.5 Å². The third-order valence-electron chi connectivity index (χ3n) is 5.40. The van der Waals surface area contributed by atoms with Gasteiger partial charge in [-0.05, 0) is 30.7 Å². The number of sulfone groups is 1. The predicted molar refractivity (Wildman–Crippen MR) is 105 cm³/mol. The number of carbonyl (C=O) groups excluding carboxylic acids is 1. The number of hydrogen-bond donors (Lipinski definition) is 0. The highest BCUT2D eigenvalue weighted by Gasteiger charge is 2.48. The van der Waals surface area contributed by atoms with Crippen LogP contribution < -0.4 is 4.74 Å². The van der Waals surface area contributed by atoms with Crippen LogP contribution in [0.15, 0.2) is 35.4 Å². The van der Waals surface area contributed by atoms with Crippen LogP contribution in [0.5, 0.6) is 5.88 Å². The average Bonchev–Trinajstić information content (AvgIpc) is 3.38. The molecule has 0 N–H and O–H groups in total. The Morgan fingerprint density at radius 1 is 1.25 bits per heavy atom. The Balaban J connectivity index is 1.47. The molecule has 1 amide bonds. The lowest BCUT2D eigenvalue weighted by atomic mass is 10.1. The Kier molecular flexibility index (Phi) is 5.37. The highest BCUT2D eigenvalue weighted by atomic mass is 32.2. The van der Waals surface area contributed by atoms with Crippen molar-refractivity contribution in [3.63, 3.8) is 0 Å². The first kappa shape index (κ1) is 19.3. The molecule has 1 saturated heterocycles. The van der Waals surface area contributed by atoms with Gasteiger partial charge in [0.1, 0.15) is 6.10 Å². The summed E-state index contributed by atoms with van der Waals surface area (Å²) in [5.74, 6) is 0.582.